The first-order valence-electron chi connectivity index (χ1n) is 6.76. The number of nitrogens with zero attached hydrogens (tertiary/aromatic N) is 3. The van der Waals surface area contributed by atoms with Gasteiger partial charge in [0.15, 0.2) is 0 Å². The smallest absolute Gasteiger partial charge is 0.139 e. The van der Waals surface area contributed by atoms with Gasteiger partial charge in [-0.2, -0.15) is 0 Å². The molecular weight excluding hydrogens is 254 g/mol. The summed E-state index contributed by atoms with van der Waals surface area (Å²) in [4.78, 5) is 8.76. The Labute approximate surface area is 118 Å². The number of aromatic nitrogens is 3. The molecular formula is C14H21N5O. The molecule has 0 spiro atoms. The first-order chi connectivity index (χ1) is 9.43. The van der Waals surface area contributed by atoms with Crippen molar-refractivity contribution in [1.29, 1.82) is 0 Å². The van der Waals surface area contributed by atoms with Gasteiger partial charge in [-0.05, 0) is 27.7 Å². The number of anilines is 2. The van der Waals surface area contributed by atoms with Crippen LogP contribution >= 0.6 is 0 Å². The Bertz CT molecular complexity index is 601. The zero-order valence-corrected chi connectivity index (χ0v) is 12.6. The summed E-state index contributed by atoms with van der Waals surface area (Å²) >= 11 is 0. The predicted molar refractivity (Wildman–Crippen MR) is 78.6 cm³/mol. The van der Waals surface area contributed by atoms with E-state index in [1.165, 1.54) is 0 Å². The fourth-order valence-corrected chi connectivity index (χ4v) is 2.27. The summed E-state index contributed by atoms with van der Waals surface area (Å²) < 4.78 is 5.21. The van der Waals surface area contributed by atoms with Crippen molar-refractivity contribution < 1.29 is 4.52 Å². The second-order valence-electron chi connectivity index (χ2n) is 4.96. The zero-order chi connectivity index (χ0) is 14.9. The maximum absolute atomic E-state index is 5.93. The van der Waals surface area contributed by atoms with Gasteiger partial charge in [0.2, 0.25) is 0 Å². The molecule has 0 radical (unpaired) electrons. The van der Waals surface area contributed by atoms with Crippen molar-refractivity contribution in [2.45, 2.75) is 47.1 Å². The molecule has 0 amide bonds. The minimum atomic E-state index is 0.0407. The van der Waals surface area contributed by atoms with Crippen molar-refractivity contribution >= 4 is 11.6 Å². The summed E-state index contributed by atoms with van der Waals surface area (Å²) in [5.41, 5.74) is 8.73. The largest absolute Gasteiger partial charge is 0.383 e. The number of hydrogen-bond acceptors (Lipinski definition) is 6. The van der Waals surface area contributed by atoms with Crippen LogP contribution in [-0.2, 0) is 6.42 Å². The van der Waals surface area contributed by atoms with E-state index >= 15 is 0 Å². The van der Waals surface area contributed by atoms with Crippen molar-refractivity contribution in [2.75, 3.05) is 11.1 Å². The van der Waals surface area contributed by atoms with Crippen LogP contribution in [0.5, 0.6) is 0 Å². The summed E-state index contributed by atoms with van der Waals surface area (Å²) in [6.45, 7) is 9.81. The Balaban J connectivity index is 2.32. The highest BCUT2D eigenvalue weighted by molar-refractivity contribution is 5.56. The van der Waals surface area contributed by atoms with Crippen LogP contribution in [0.3, 0.4) is 0 Å². The molecule has 0 aromatic carbocycles. The van der Waals surface area contributed by atoms with Gasteiger partial charge in [-0.25, -0.2) is 9.97 Å². The Hall–Kier alpha value is -2.11. The average molecular weight is 275 g/mol. The lowest BCUT2D eigenvalue weighted by Gasteiger charge is -2.17. The lowest BCUT2D eigenvalue weighted by molar-refractivity contribution is 0.392. The van der Waals surface area contributed by atoms with Gasteiger partial charge >= 0.3 is 0 Å². The second-order valence-corrected chi connectivity index (χ2v) is 4.96. The molecule has 2 rings (SSSR count). The number of nitrogen functional groups attached to an aromatic ring is 1. The quantitative estimate of drug-likeness (QED) is 0.891. The third-order valence-corrected chi connectivity index (χ3v) is 3.42. The second kappa shape index (κ2) is 5.48. The molecule has 0 saturated heterocycles. The molecule has 0 aliphatic heterocycles. The van der Waals surface area contributed by atoms with Crippen molar-refractivity contribution in [3.05, 3.63) is 28.4 Å². The molecule has 6 heteroatoms. The van der Waals surface area contributed by atoms with Crippen LogP contribution in [0.2, 0.25) is 0 Å². The van der Waals surface area contributed by atoms with Crippen LogP contribution < -0.4 is 11.1 Å². The summed E-state index contributed by atoms with van der Waals surface area (Å²) in [7, 11) is 0. The minimum absolute atomic E-state index is 0.0407. The summed E-state index contributed by atoms with van der Waals surface area (Å²) in [6.07, 6.45) is 0.749. The summed E-state index contributed by atoms with van der Waals surface area (Å²) in [5.74, 6) is 2.84. The predicted octanol–water partition coefficient (Wildman–Crippen LogP) is 2.71. The van der Waals surface area contributed by atoms with Gasteiger partial charge in [0, 0.05) is 17.5 Å². The molecule has 2 aromatic heterocycles. The van der Waals surface area contributed by atoms with E-state index in [2.05, 4.69) is 27.4 Å². The Morgan fingerprint density at radius 1 is 1.25 bits per heavy atom. The highest BCUT2D eigenvalue weighted by Gasteiger charge is 2.18. The Morgan fingerprint density at radius 2 is 1.95 bits per heavy atom. The molecule has 0 aliphatic rings. The number of aryl methyl sites for hydroxylation is 3. The Kier molecular flexibility index (Phi) is 3.92. The van der Waals surface area contributed by atoms with E-state index in [1.807, 2.05) is 27.7 Å². The van der Waals surface area contributed by atoms with Gasteiger partial charge in [0.05, 0.1) is 11.7 Å². The van der Waals surface area contributed by atoms with E-state index < -0.39 is 0 Å². The monoisotopic (exact) mass is 275 g/mol. The van der Waals surface area contributed by atoms with Gasteiger partial charge in [-0.15, -0.1) is 0 Å². The lowest BCUT2D eigenvalue weighted by Crippen LogP contribution is -2.13. The molecule has 0 fully saturated rings. The molecule has 1 atom stereocenters. The van der Waals surface area contributed by atoms with Gasteiger partial charge < -0.3 is 15.6 Å². The van der Waals surface area contributed by atoms with Gasteiger partial charge in [-0.1, -0.05) is 12.1 Å². The normalized spacial score (nSPS) is 12.4. The molecule has 6 nitrogen and oxygen atoms in total. The molecule has 0 aliphatic carbocycles. The average Bonchev–Trinajstić information content (AvgIpc) is 2.74. The topological polar surface area (TPSA) is 89.9 Å². The highest BCUT2D eigenvalue weighted by Crippen LogP contribution is 2.26. The maximum atomic E-state index is 5.93. The van der Waals surface area contributed by atoms with Gasteiger partial charge in [0.25, 0.3) is 0 Å². The molecule has 1 unspecified atom stereocenters. The van der Waals surface area contributed by atoms with E-state index in [0.29, 0.717) is 5.82 Å². The SMILES string of the molecule is CCc1nc(N)c(C)c(NC(C)c2c(C)noc2C)n1. The zero-order valence-electron chi connectivity index (χ0n) is 12.6. The first kappa shape index (κ1) is 14.3. The molecule has 2 heterocycles. The Morgan fingerprint density at radius 3 is 2.50 bits per heavy atom. The molecule has 3 N–H and O–H groups in total. The third-order valence-electron chi connectivity index (χ3n) is 3.42. The number of nitrogens with two attached hydrogens (primary N) is 1. The van der Waals surface area contributed by atoms with E-state index in [0.717, 1.165) is 40.6 Å². The van der Waals surface area contributed by atoms with Crippen LogP contribution in [0.4, 0.5) is 11.6 Å². The van der Waals surface area contributed by atoms with Gasteiger partial charge in [0.1, 0.15) is 23.2 Å². The van der Waals surface area contributed by atoms with Crippen molar-refractivity contribution in [3.8, 4) is 0 Å². The fraction of sp³-hybridized carbons (Fsp3) is 0.500. The van der Waals surface area contributed by atoms with Crippen LogP contribution in [-0.4, -0.2) is 15.1 Å². The van der Waals surface area contributed by atoms with Crippen LogP contribution in [0.25, 0.3) is 0 Å². The summed E-state index contributed by atoms with van der Waals surface area (Å²) in [6, 6.07) is 0.0407. The lowest BCUT2D eigenvalue weighted by atomic mass is 10.1. The fourth-order valence-electron chi connectivity index (χ4n) is 2.27. The number of hydrogen-bond donors (Lipinski definition) is 2. The van der Waals surface area contributed by atoms with E-state index in [4.69, 9.17) is 10.3 Å². The van der Waals surface area contributed by atoms with Crippen LogP contribution in [0.15, 0.2) is 4.52 Å². The third kappa shape index (κ3) is 2.59. The van der Waals surface area contributed by atoms with E-state index in [-0.39, 0.29) is 6.04 Å². The summed E-state index contributed by atoms with van der Waals surface area (Å²) in [5, 5.41) is 7.36. The maximum Gasteiger partial charge on any atom is 0.139 e. The molecule has 0 saturated carbocycles. The van der Waals surface area contributed by atoms with E-state index in [9.17, 15) is 0 Å². The van der Waals surface area contributed by atoms with Crippen LogP contribution in [0.1, 0.15) is 48.3 Å². The van der Waals surface area contributed by atoms with Gasteiger partial charge in [-0.3, -0.25) is 0 Å². The first-order valence-corrected chi connectivity index (χ1v) is 6.76. The number of nitrogens with one attached hydrogen (secondary N) is 1. The minimum Gasteiger partial charge on any atom is -0.383 e. The van der Waals surface area contributed by atoms with E-state index in [1.54, 1.807) is 0 Å². The van der Waals surface area contributed by atoms with Crippen LogP contribution in [0, 0.1) is 20.8 Å². The van der Waals surface area contributed by atoms with Crippen molar-refractivity contribution in [3.63, 3.8) is 0 Å². The molecule has 2 aromatic rings. The molecule has 108 valence electrons. The standard InChI is InChI=1S/C14H21N5O/c1-6-11-17-13(15)7(2)14(18-11)16-8(3)12-9(4)19-20-10(12)5/h8H,6H2,1-5H3,(H3,15,16,17,18). The molecule has 0 bridgehead atoms. The molecule has 20 heavy (non-hydrogen) atoms. The van der Waals surface area contributed by atoms with Crippen molar-refractivity contribution in [1.82, 2.24) is 15.1 Å². The number of rotatable bonds is 4. The van der Waals surface area contributed by atoms with Crippen molar-refractivity contribution in [2.24, 2.45) is 0 Å². The highest BCUT2D eigenvalue weighted by atomic mass is 16.5.